The number of carbonyl (C=O) groups excluding carboxylic acids is 9. The number of unbranched alkanes of at least 4 members (excludes halogenated alkanes) is 3. The Balaban J connectivity index is 2.00. The zero-order valence-corrected chi connectivity index (χ0v) is 45.4. The number of ether oxygens (including phenoxy) is 12. The number of amides is 4. The third-order valence-electron chi connectivity index (χ3n) is 10.6. The van der Waals surface area contributed by atoms with Crippen LogP contribution in [0, 0.1) is 11.3 Å². The van der Waals surface area contributed by atoms with Crippen LogP contribution in [0.1, 0.15) is 98.1 Å². The van der Waals surface area contributed by atoms with Gasteiger partial charge < -0.3 is 78.1 Å². The van der Waals surface area contributed by atoms with Crippen molar-refractivity contribution in [3.63, 3.8) is 0 Å². The van der Waals surface area contributed by atoms with Gasteiger partial charge in [-0.3, -0.25) is 33.6 Å². The molecule has 0 unspecified atom stereocenters. The smallest absolute Gasteiger partial charge is 0.407 e. The number of hydrogen-bond acceptors (Lipinski definition) is 22. The van der Waals surface area contributed by atoms with Crippen LogP contribution in [-0.4, -0.2) is 188 Å². The van der Waals surface area contributed by atoms with Crippen molar-refractivity contribution in [2.45, 2.75) is 135 Å². The Bertz CT molecular complexity index is 2080. The van der Waals surface area contributed by atoms with Gasteiger partial charge in [0.1, 0.15) is 17.8 Å². The van der Waals surface area contributed by atoms with E-state index in [4.69, 9.17) is 62.1 Å². The van der Waals surface area contributed by atoms with Crippen LogP contribution in [0.4, 0.5) is 4.79 Å². The number of rotatable bonds is 36. The van der Waals surface area contributed by atoms with Crippen LogP contribution in [0.15, 0.2) is 24.3 Å². The van der Waals surface area contributed by atoms with E-state index in [2.05, 4.69) is 21.3 Å². The maximum atomic E-state index is 13.8. The molecule has 1 saturated heterocycles. The first-order chi connectivity index (χ1) is 36.6. The molecule has 4 amide bonds. The highest BCUT2D eigenvalue weighted by molar-refractivity contribution is 5.81. The van der Waals surface area contributed by atoms with E-state index < -0.39 is 109 Å². The molecule has 26 nitrogen and oxygen atoms in total. The number of esters is 5. The third kappa shape index (κ3) is 29.0. The van der Waals surface area contributed by atoms with Gasteiger partial charge in [0.05, 0.1) is 104 Å². The van der Waals surface area contributed by atoms with Crippen molar-refractivity contribution in [2.75, 3.05) is 92.8 Å². The summed E-state index contributed by atoms with van der Waals surface area (Å²) in [5, 5.41) is 19.7. The molecule has 0 aliphatic carbocycles. The lowest BCUT2D eigenvalue weighted by Gasteiger charge is -2.48. The highest BCUT2D eigenvalue weighted by Gasteiger charge is 2.59. The second-order valence-electron chi connectivity index (χ2n) is 18.3. The predicted octanol–water partition coefficient (Wildman–Crippen LogP) is 1.39. The van der Waals surface area contributed by atoms with Crippen molar-refractivity contribution < 1.29 is 100.0 Å². The summed E-state index contributed by atoms with van der Waals surface area (Å²) < 4.78 is 66.4. The molecule has 0 saturated carbocycles. The van der Waals surface area contributed by atoms with Crippen LogP contribution in [0.5, 0.6) is 0 Å². The van der Waals surface area contributed by atoms with E-state index in [0.29, 0.717) is 96.1 Å². The van der Waals surface area contributed by atoms with Gasteiger partial charge in [-0.15, -0.1) is 0 Å². The molecule has 432 valence electrons. The van der Waals surface area contributed by atoms with E-state index >= 15 is 0 Å². The Hall–Kier alpha value is -6.50. The van der Waals surface area contributed by atoms with E-state index in [-0.39, 0.29) is 32.0 Å². The predicted molar refractivity (Wildman–Crippen MR) is 267 cm³/mol. The molecule has 0 bridgehead atoms. The monoisotopic (exact) mass is 1100 g/mol. The molecule has 4 N–H and O–H groups in total. The zero-order chi connectivity index (χ0) is 57.2. The second kappa shape index (κ2) is 36.5. The lowest BCUT2D eigenvalue weighted by Crippen LogP contribution is -2.70. The molecule has 0 aromatic heterocycles. The first-order valence-corrected chi connectivity index (χ1v) is 25.2. The summed E-state index contributed by atoms with van der Waals surface area (Å²) in [4.78, 5) is 114. The summed E-state index contributed by atoms with van der Waals surface area (Å²) in [7, 11) is 1.04. The highest BCUT2D eigenvalue weighted by atomic mass is 16.7. The lowest BCUT2D eigenvalue weighted by molar-refractivity contribution is -0.313. The number of hydrogen-bond donors (Lipinski definition) is 4. The Kier molecular flexibility index (Phi) is 31.6. The van der Waals surface area contributed by atoms with Gasteiger partial charge in [0, 0.05) is 47.2 Å². The van der Waals surface area contributed by atoms with Crippen LogP contribution >= 0.6 is 0 Å². The summed E-state index contributed by atoms with van der Waals surface area (Å²) in [6.45, 7) is 11.3. The molecule has 1 aliphatic heterocycles. The molecule has 1 aliphatic rings. The summed E-state index contributed by atoms with van der Waals surface area (Å²) in [5.41, 5.74) is 0.332. The molecule has 77 heavy (non-hydrogen) atoms. The Labute approximate surface area is 448 Å². The van der Waals surface area contributed by atoms with Gasteiger partial charge in [-0.2, -0.15) is 5.26 Å². The number of methoxy groups -OCH3 is 1. The molecular weight excluding hydrogens is 1020 g/mol. The zero-order valence-electron chi connectivity index (χ0n) is 45.4. The molecule has 26 heteroatoms. The Morgan fingerprint density at radius 1 is 0.701 bits per heavy atom. The van der Waals surface area contributed by atoms with Gasteiger partial charge in [-0.1, -0.05) is 25.0 Å². The van der Waals surface area contributed by atoms with Crippen molar-refractivity contribution in [2.24, 2.45) is 0 Å². The SMILES string of the molecule is COC(=O)[C@@]1(OCCCCCCC(=O)NCCOCCOCCOCCOCCNC(=O)OC(C)(C)C)C[C@H](OC(C)=O)[C@@H](NC(=O)COC(C)=O)[C@H]([C@H](OC(C)=O)[C@@H](CNC(=O)Cc2ccc(C#N)cc2)OC(C)=O)O1. The summed E-state index contributed by atoms with van der Waals surface area (Å²) >= 11 is 0. The fourth-order valence-electron chi connectivity index (χ4n) is 7.33. The van der Waals surface area contributed by atoms with E-state index in [1.807, 2.05) is 6.07 Å². The van der Waals surface area contributed by atoms with Gasteiger partial charge in [-0.25, -0.2) is 9.59 Å². The third-order valence-corrected chi connectivity index (χ3v) is 10.6. The van der Waals surface area contributed by atoms with Crippen LogP contribution in [-0.2, 0) is 102 Å². The molecule has 1 heterocycles. The van der Waals surface area contributed by atoms with Crippen molar-refractivity contribution >= 4 is 53.7 Å². The Morgan fingerprint density at radius 2 is 1.29 bits per heavy atom. The summed E-state index contributed by atoms with van der Waals surface area (Å²) in [5.74, 6) is -8.78. The minimum Gasteiger partial charge on any atom is -0.465 e. The van der Waals surface area contributed by atoms with Crippen LogP contribution in [0.3, 0.4) is 0 Å². The Morgan fingerprint density at radius 3 is 1.83 bits per heavy atom. The van der Waals surface area contributed by atoms with E-state index in [0.717, 1.165) is 34.8 Å². The number of nitrogens with one attached hydrogen (secondary N) is 4. The molecule has 6 atom stereocenters. The standard InChI is InChI=1S/C51H77N5O21/c1-34(57)71-33-44(63)56-45-40(73-35(2)58)30-51(48(64)66-8,76-47(45)46(75-37(4)60)41(74-36(3)59)32-55-43(62)29-38-14-16-39(31-52)17-15-38)72-20-12-10-9-11-13-42(61)53-18-21-67-23-25-69-27-28-70-26-24-68-22-19-54-49(65)77-50(5,6)7/h14-17,40-41,45-47H,9-13,18-30,32-33H2,1-8H3,(H,53,61)(H,54,65)(H,55,62)(H,56,63)/t40-,41+,45+,46+,47+,51+/m0/s1. The first-order valence-electron chi connectivity index (χ1n) is 25.2. The number of carbonyl (C=O) groups is 9. The highest BCUT2D eigenvalue weighted by Crippen LogP contribution is 2.37. The quantitative estimate of drug-likeness (QED) is 0.0419. The van der Waals surface area contributed by atoms with Crippen LogP contribution in [0.25, 0.3) is 0 Å². The van der Waals surface area contributed by atoms with Crippen molar-refractivity contribution in [1.29, 1.82) is 5.26 Å². The van der Waals surface area contributed by atoms with E-state index in [9.17, 15) is 43.2 Å². The number of benzene rings is 1. The molecule has 1 fully saturated rings. The average Bonchev–Trinajstić information content (AvgIpc) is 3.35. The maximum absolute atomic E-state index is 13.8. The van der Waals surface area contributed by atoms with Crippen molar-refractivity contribution in [3.8, 4) is 6.07 Å². The molecule has 1 aromatic rings. The number of nitriles is 1. The molecule has 1 aromatic carbocycles. The van der Waals surface area contributed by atoms with Crippen LogP contribution < -0.4 is 21.3 Å². The van der Waals surface area contributed by atoms with Crippen LogP contribution in [0.2, 0.25) is 0 Å². The van der Waals surface area contributed by atoms with Gasteiger partial charge in [-0.05, 0) is 51.3 Å². The van der Waals surface area contributed by atoms with E-state index in [1.54, 1.807) is 32.9 Å². The lowest BCUT2D eigenvalue weighted by atomic mass is 9.87. The van der Waals surface area contributed by atoms with Crippen molar-refractivity contribution in [3.05, 3.63) is 35.4 Å². The van der Waals surface area contributed by atoms with Crippen molar-refractivity contribution in [1.82, 2.24) is 21.3 Å². The molecule has 0 radical (unpaired) electrons. The number of alkyl carbamates (subject to hydrolysis) is 1. The fraction of sp³-hybridized carbons (Fsp3) is 0.686. The maximum Gasteiger partial charge on any atom is 0.407 e. The van der Waals surface area contributed by atoms with E-state index in [1.165, 1.54) is 12.1 Å². The van der Waals surface area contributed by atoms with Gasteiger partial charge in [0.15, 0.2) is 18.8 Å². The largest absolute Gasteiger partial charge is 0.465 e. The summed E-state index contributed by atoms with van der Waals surface area (Å²) in [6, 6.07) is 6.64. The first kappa shape index (κ1) is 66.6. The molecular formula is C51H77N5O21. The average molecular weight is 1100 g/mol. The normalized spacial score (nSPS) is 17.7. The minimum atomic E-state index is -2.42. The van der Waals surface area contributed by atoms with Gasteiger partial charge >= 0.3 is 35.9 Å². The summed E-state index contributed by atoms with van der Waals surface area (Å²) in [6.07, 6.45) is -5.82. The fourth-order valence-corrected chi connectivity index (χ4v) is 7.33. The minimum absolute atomic E-state index is 0.164. The topological polar surface area (TPSA) is 336 Å². The molecule has 2 rings (SSSR count). The molecule has 0 spiro atoms. The van der Waals surface area contributed by atoms with Gasteiger partial charge in [0.2, 0.25) is 11.8 Å². The second-order valence-corrected chi connectivity index (χ2v) is 18.3. The van der Waals surface area contributed by atoms with Gasteiger partial charge in [0.25, 0.3) is 11.7 Å². The number of nitrogens with zero attached hydrogens (tertiary/aromatic N) is 1.